The summed E-state index contributed by atoms with van der Waals surface area (Å²) in [6.45, 7) is 2.00. The molecule has 0 spiro atoms. The summed E-state index contributed by atoms with van der Waals surface area (Å²) in [4.78, 5) is 12.2. The molecule has 108 valence electrons. The van der Waals surface area contributed by atoms with E-state index in [0.717, 1.165) is 16.8 Å². The zero-order chi connectivity index (χ0) is 15.0. The predicted molar refractivity (Wildman–Crippen MR) is 84.2 cm³/mol. The van der Waals surface area contributed by atoms with Crippen molar-refractivity contribution in [2.75, 3.05) is 17.7 Å². The van der Waals surface area contributed by atoms with Gasteiger partial charge in [0.1, 0.15) is 11.8 Å². The molecule has 0 fully saturated rings. The number of amides is 1. The highest BCUT2D eigenvalue weighted by atomic mass is 35.5. The van der Waals surface area contributed by atoms with Gasteiger partial charge < -0.3 is 15.4 Å². The van der Waals surface area contributed by atoms with E-state index < -0.39 is 6.04 Å². The molecule has 2 N–H and O–H groups in total. The third kappa shape index (κ3) is 2.54. The van der Waals surface area contributed by atoms with Crippen LogP contribution >= 0.6 is 11.6 Å². The normalized spacial score (nSPS) is 16.3. The molecule has 2 aromatic rings. The predicted octanol–water partition coefficient (Wildman–Crippen LogP) is 3.76. The molecule has 0 aromatic heterocycles. The fourth-order valence-electron chi connectivity index (χ4n) is 2.47. The lowest BCUT2D eigenvalue weighted by atomic mass is 10.0. The standard InChI is InChI=1S/C16H15ClN2O2/c1-9-3-5-12-11(7-9)15(16(20)19-12)18-13-8-10(17)4-6-14(13)21-2/h3-8,15,18H,1-2H3,(H,19,20). The van der Waals surface area contributed by atoms with Gasteiger partial charge in [0.2, 0.25) is 0 Å². The summed E-state index contributed by atoms with van der Waals surface area (Å²) in [5.74, 6) is 0.561. The maximum atomic E-state index is 12.2. The van der Waals surface area contributed by atoms with Gasteiger partial charge in [-0.1, -0.05) is 29.3 Å². The molecule has 3 rings (SSSR count). The van der Waals surface area contributed by atoms with E-state index in [1.807, 2.05) is 25.1 Å². The molecule has 1 aliphatic rings. The van der Waals surface area contributed by atoms with E-state index in [1.54, 1.807) is 25.3 Å². The van der Waals surface area contributed by atoms with Gasteiger partial charge in [-0.25, -0.2) is 0 Å². The second-order valence-corrected chi connectivity index (χ2v) is 5.44. The van der Waals surface area contributed by atoms with Gasteiger partial charge in [-0.05, 0) is 31.2 Å². The fraction of sp³-hybridized carbons (Fsp3) is 0.188. The highest BCUT2D eigenvalue weighted by Crippen LogP contribution is 2.37. The largest absolute Gasteiger partial charge is 0.495 e. The van der Waals surface area contributed by atoms with E-state index in [4.69, 9.17) is 16.3 Å². The second kappa shape index (κ2) is 5.30. The van der Waals surface area contributed by atoms with Crippen LogP contribution in [0.15, 0.2) is 36.4 Å². The van der Waals surface area contributed by atoms with Crippen LogP contribution < -0.4 is 15.4 Å². The van der Waals surface area contributed by atoms with Crippen molar-refractivity contribution in [1.29, 1.82) is 0 Å². The van der Waals surface area contributed by atoms with Crippen LogP contribution in [0.2, 0.25) is 5.02 Å². The van der Waals surface area contributed by atoms with Crippen molar-refractivity contribution < 1.29 is 9.53 Å². The van der Waals surface area contributed by atoms with Gasteiger partial charge in [0.15, 0.2) is 0 Å². The number of anilines is 2. The van der Waals surface area contributed by atoms with Crippen LogP contribution in [0.3, 0.4) is 0 Å². The van der Waals surface area contributed by atoms with Crippen LogP contribution in [0.5, 0.6) is 5.75 Å². The molecule has 5 heteroatoms. The van der Waals surface area contributed by atoms with Crippen molar-refractivity contribution in [3.05, 3.63) is 52.5 Å². The van der Waals surface area contributed by atoms with Gasteiger partial charge in [-0.15, -0.1) is 0 Å². The Hall–Kier alpha value is -2.20. The Kier molecular flexibility index (Phi) is 3.47. The number of benzene rings is 2. The smallest absolute Gasteiger partial charge is 0.251 e. The molecule has 0 saturated heterocycles. The highest BCUT2D eigenvalue weighted by molar-refractivity contribution is 6.31. The van der Waals surface area contributed by atoms with E-state index in [2.05, 4.69) is 10.6 Å². The Balaban J connectivity index is 1.98. The van der Waals surface area contributed by atoms with Crippen molar-refractivity contribution in [2.24, 2.45) is 0 Å². The summed E-state index contributed by atoms with van der Waals surface area (Å²) in [5.41, 5.74) is 3.57. The van der Waals surface area contributed by atoms with Gasteiger partial charge in [0.25, 0.3) is 5.91 Å². The summed E-state index contributed by atoms with van der Waals surface area (Å²) in [6.07, 6.45) is 0. The minimum atomic E-state index is -0.452. The first-order chi connectivity index (χ1) is 10.1. The molecule has 0 radical (unpaired) electrons. The van der Waals surface area contributed by atoms with Crippen LogP contribution in [0.1, 0.15) is 17.2 Å². The number of carbonyl (C=O) groups is 1. The zero-order valence-electron chi connectivity index (χ0n) is 11.7. The first kappa shape index (κ1) is 13.8. The number of hydrogen-bond donors (Lipinski definition) is 2. The van der Waals surface area contributed by atoms with Crippen molar-refractivity contribution >= 4 is 28.9 Å². The topological polar surface area (TPSA) is 50.4 Å². The minimum absolute atomic E-state index is 0.0855. The molecular weight excluding hydrogens is 288 g/mol. The number of halogens is 1. The van der Waals surface area contributed by atoms with E-state index in [0.29, 0.717) is 16.5 Å². The van der Waals surface area contributed by atoms with Crippen LogP contribution in [0.25, 0.3) is 0 Å². The van der Waals surface area contributed by atoms with E-state index in [-0.39, 0.29) is 5.91 Å². The number of aryl methyl sites for hydroxylation is 1. The maximum Gasteiger partial charge on any atom is 0.251 e. The molecule has 1 heterocycles. The molecule has 1 amide bonds. The van der Waals surface area contributed by atoms with Crippen LogP contribution in [-0.4, -0.2) is 13.0 Å². The third-order valence-electron chi connectivity index (χ3n) is 3.50. The molecule has 2 aromatic carbocycles. The number of ether oxygens (including phenoxy) is 1. The summed E-state index contributed by atoms with van der Waals surface area (Å²) >= 11 is 6.02. The maximum absolute atomic E-state index is 12.2. The Labute approximate surface area is 128 Å². The summed E-state index contributed by atoms with van der Waals surface area (Å²) in [7, 11) is 1.58. The monoisotopic (exact) mass is 302 g/mol. The Morgan fingerprint density at radius 2 is 2.05 bits per heavy atom. The van der Waals surface area contributed by atoms with Gasteiger partial charge in [-0.2, -0.15) is 0 Å². The lowest BCUT2D eigenvalue weighted by Crippen LogP contribution is -2.20. The van der Waals surface area contributed by atoms with Crippen LogP contribution in [-0.2, 0) is 4.79 Å². The Bertz CT molecular complexity index is 715. The number of fused-ring (bicyclic) bond motifs is 1. The van der Waals surface area contributed by atoms with Crippen LogP contribution in [0.4, 0.5) is 11.4 Å². The molecule has 4 nitrogen and oxygen atoms in total. The van der Waals surface area contributed by atoms with Gasteiger partial charge in [-0.3, -0.25) is 4.79 Å². The fourth-order valence-corrected chi connectivity index (χ4v) is 2.64. The number of methoxy groups -OCH3 is 1. The Morgan fingerprint density at radius 1 is 1.24 bits per heavy atom. The van der Waals surface area contributed by atoms with E-state index in [9.17, 15) is 4.79 Å². The number of rotatable bonds is 3. The van der Waals surface area contributed by atoms with Gasteiger partial charge in [0, 0.05) is 16.3 Å². The van der Waals surface area contributed by atoms with Crippen molar-refractivity contribution in [2.45, 2.75) is 13.0 Å². The SMILES string of the molecule is COc1ccc(Cl)cc1NC1C(=O)Nc2ccc(C)cc21. The van der Waals surface area contributed by atoms with Crippen molar-refractivity contribution in [3.8, 4) is 5.75 Å². The Morgan fingerprint density at radius 3 is 2.81 bits per heavy atom. The van der Waals surface area contributed by atoms with E-state index in [1.165, 1.54) is 0 Å². The minimum Gasteiger partial charge on any atom is -0.495 e. The van der Waals surface area contributed by atoms with Gasteiger partial charge >= 0.3 is 0 Å². The molecule has 21 heavy (non-hydrogen) atoms. The first-order valence-corrected chi connectivity index (χ1v) is 6.98. The third-order valence-corrected chi connectivity index (χ3v) is 3.73. The molecular formula is C16H15ClN2O2. The highest BCUT2D eigenvalue weighted by Gasteiger charge is 2.31. The van der Waals surface area contributed by atoms with Crippen molar-refractivity contribution in [3.63, 3.8) is 0 Å². The number of carbonyl (C=O) groups excluding carboxylic acids is 1. The first-order valence-electron chi connectivity index (χ1n) is 6.60. The molecule has 1 unspecified atom stereocenters. The van der Waals surface area contributed by atoms with Crippen LogP contribution in [0, 0.1) is 6.92 Å². The summed E-state index contributed by atoms with van der Waals surface area (Å²) in [5, 5.41) is 6.67. The quantitative estimate of drug-likeness (QED) is 0.907. The molecule has 0 bridgehead atoms. The zero-order valence-corrected chi connectivity index (χ0v) is 12.5. The lowest BCUT2D eigenvalue weighted by molar-refractivity contribution is -0.116. The molecule has 0 saturated carbocycles. The summed E-state index contributed by atoms with van der Waals surface area (Å²) < 4.78 is 5.30. The van der Waals surface area contributed by atoms with Gasteiger partial charge in [0.05, 0.1) is 12.8 Å². The molecule has 1 aliphatic heterocycles. The average Bonchev–Trinajstić information content (AvgIpc) is 2.75. The van der Waals surface area contributed by atoms with Crippen molar-refractivity contribution in [1.82, 2.24) is 0 Å². The lowest BCUT2D eigenvalue weighted by Gasteiger charge is -2.16. The van der Waals surface area contributed by atoms with E-state index >= 15 is 0 Å². The molecule has 1 atom stereocenters. The average molecular weight is 303 g/mol. The summed E-state index contributed by atoms with van der Waals surface area (Å²) in [6, 6.07) is 10.7. The second-order valence-electron chi connectivity index (χ2n) is 5.00. The molecule has 0 aliphatic carbocycles. The number of hydrogen-bond acceptors (Lipinski definition) is 3. The number of nitrogens with one attached hydrogen (secondary N) is 2.